The van der Waals surface area contributed by atoms with E-state index in [1.807, 2.05) is 16.6 Å². The maximum absolute atomic E-state index is 11.1. The predicted molar refractivity (Wildman–Crippen MR) is 117 cm³/mol. The lowest BCUT2D eigenvalue weighted by Gasteiger charge is -2.37. The molecule has 158 valence electrons. The van der Waals surface area contributed by atoms with Crippen molar-refractivity contribution in [2.45, 2.75) is 37.6 Å². The molecule has 3 aliphatic heterocycles. The highest BCUT2D eigenvalue weighted by atomic mass is 79.9. The number of carboxylic acid groups (broad SMARTS) is 1. The molecule has 1 atom stereocenters. The van der Waals surface area contributed by atoms with Crippen molar-refractivity contribution in [1.82, 2.24) is 24.5 Å². The molecule has 3 aliphatic rings. The number of carbonyl (C=O) groups is 1. The van der Waals surface area contributed by atoms with Gasteiger partial charge in [-0.1, -0.05) is 6.08 Å². The third kappa shape index (κ3) is 3.58. The first-order valence-electron chi connectivity index (χ1n) is 10.4. The summed E-state index contributed by atoms with van der Waals surface area (Å²) in [5.74, 6) is 0.728. The molecule has 0 spiro atoms. The van der Waals surface area contributed by atoms with Crippen molar-refractivity contribution in [2.75, 3.05) is 31.1 Å². The molecule has 0 saturated carbocycles. The lowest BCUT2D eigenvalue weighted by atomic mass is 10.0. The van der Waals surface area contributed by atoms with Crippen LogP contribution in [0.5, 0.6) is 0 Å². The number of piperidine rings is 1. The molecule has 2 aromatic heterocycles. The molecule has 0 aromatic carbocycles. The number of imidazole rings is 1. The van der Waals surface area contributed by atoms with Crippen LogP contribution in [0.25, 0.3) is 5.65 Å². The number of rotatable bonds is 3. The molecule has 1 amide bonds. The van der Waals surface area contributed by atoms with Crippen LogP contribution >= 0.6 is 15.9 Å². The van der Waals surface area contributed by atoms with Gasteiger partial charge in [-0.05, 0) is 66.8 Å². The predicted octanol–water partition coefficient (Wildman–Crippen LogP) is 3.13. The summed E-state index contributed by atoms with van der Waals surface area (Å²) in [6.07, 6.45) is 8.72. The third-order valence-electron chi connectivity index (χ3n) is 6.20. The quantitative estimate of drug-likeness (QED) is 0.736. The summed E-state index contributed by atoms with van der Waals surface area (Å²) in [4.78, 5) is 20.6. The maximum Gasteiger partial charge on any atom is 0.432 e. The van der Waals surface area contributed by atoms with Crippen molar-refractivity contribution in [3.63, 3.8) is 0 Å². The average molecular weight is 474 g/mol. The number of aromatic nitrogens is 3. The molecule has 0 radical (unpaired) electrons. The van der Waals surface area contributed by atoms with E-state index >= 15 is 0 Å². The number of likely N-dealkylation sites (tertiary alicyclic amines) is 1. The maximum atomic E-state index is 11.1. The molecule has 1 N–H and O–H groups in total. The molecule has 5 rings (SSSR count). The highest BCUT2D eigenvalue weighted by molar-refractivity contribution is 9.10. The second kappa shape index (κ2) is 7.99. The Morgan fingerprint density at radius 3 is 2.57 bits per heavy atom. The summed E-state index contributed by atoms with van der Waals surface area (Å²) in [7, 11) is 0. The minimum Gasteiger partial charge on any atom is -0.463 e. The molecular weight excluding hydrogens is 450 g/mol. The molecule has 1 unspecified atom stereocenters. The zero-order valence-electron chi connectivity index (χ0n) is 16.6. The van der Waals surface area contributed by atoms with Crippen LogP contribution in [0.4, 0.5) is 10.6 Å². The Kier molecular flexibility index (Phi) is 5.20. The van der Waals surface area contributed by atoms with Crippen LogP contribution in [0.2, 0.25) is 0 Å². The number of nitrogens with zero attached hydrogens (tertiary/aromatic N) is 7. The zero-order chi connectivity index (χ0) is 20.7. The first kappa shape index (κ1) is 19.5. The Bertz CT molecular complexity index is 992. The zero-order valence-corrected chi connectivity index (χ0v) is 18.1. The van der Waals surface area contributed by atoms with Crippen LogP contribution in [0.1, 0.15) is 37.3 Å². The number of amides is 1. The topological polar surface area (TPSA) is 89.6 Å². The number of fused-ring (bicyclic) bond motifs is 1. The Morgan fingerprint density at radius 2 is 1.90 bits per heavy atom. The monoisotopic (exact) mass is 473 g/mol. The van der Waals surface area contributed by atoms with Crippen LogP contribution in [0.3, 0.4) is 0 Å². The smallest absolute Gasteiger partial charge is 0.432 e. The van der Waals surface area contributed by atoms with E-state index in [0.717, 1.165) is 35.3 Å². The van der Waals surface area contributed by atoms with Gasteiger partial charge in [0, 0.05) is 31.5 Å². The molecule has 10 heteroatoms. The Labute approximate surface area is 182 Å². The molecule has 30 heavy (non-hydrogen) atoms. The van der Waals surface area contributed by atoms with E-state index in [4.69, 9.17) is 10.2 Å². The number of allylic oxidation sites excluding steroid dienone is 1. The molecule has 2 saturated heterocycles. The molecule has 5 heterocycles. The van der Waals surface area contributed by atoms with Gasteiger partial charge in [-0.15, -0.1) is 5.10 Å². The Morgan fingerprint density at radius 1 is 1.13 bits per heavy atom. The second-order valence-electron chi connectivity index (χ2n) is 7.97. The number of halogens is 1. The van der Waals surface area contributed by atoms with Crippen LogP contribution in [-0.2, 0) is 0 Å². The largest absolute Gasteiger partial charge is 0.463 e. The minimum absolute atomic E-state index is 0.214. The molecular formula is C20H24BrN7O2. The van der Waals surface area contributed by atoms with Crippen molar-refractivity contribution >= 4 is 39.7 Å². The van der Waals surface area contributed by atoms with Gasteiger partial charge in [-0.25, -0.2) is 14.3 Å². The van der Waals surface area contributed by atoms with Crippen LogP contribution < -0.4 is 4.90 Å². The number of hydrogen-bond donors (Lipinski definition) is 1. The highest BCUT2D eigenvalue weighted by Crippen LogP contribution is 2.29. The first-order chi connectivity index (χ1) is 14.6. The van der Waals surface area contributed by atoms with Gasteiger partial charge in [-0.2, -0.15) is 10.1 Å². The van der Waals surface area contributed by atoms with E-state index < -0.39 is 6.09 Å². The molecule has 9 nitrogen and oxygen atoms in total. The van der Waals surface area contributed by atoms with Crippen molar-refractivity contribution in [2.24, 2.45) is 5.10 Å². The summed E-state index contributed by atoms with van der Waals surface area (Å²) >= 11 is 3.54. The Hall–Kier alpha value is -2.46. The first-order valence-corrected chi connectivity index (χ1v) is 11.2. The van der Waals surface area contributed by atoms with Crippen molar-refractivity contribution < 1.29 is 9.90 Å². The molecule has 0 aliphatic carbocycles. The standard InChI is InChI=1S/C20H24BrN7O2/c21-19-18(14-5-12-27(20(29)30)22-13-14)28-16(23-19)3-4-17(24-28)26-10-6-15(7-11-26)25-8-1-2-9-25/h3-5,12-15H,1-2,6-11H2,(H,29,30). The van der Waals surface area contributed by atoms with E-state index in [9.17, 15) is 4.79 Å². The normalized spacial score (nSPS) is 23.0. The highest BCUT2D eigenvalue weighted by Gasteiger charge is 2.28. The van der Waals surface area contributed by atoms with Gasteiger partial charge in [0.1, 0.15) is 10.4 Å². The minimum atomic E-state index is -1.11. The van der Waals surface area contributed by atoms with E-state index in [1.54, 1.807) is 12.3 Å². The van der Waals surface area contributed by atoms with E-state index in [-0.39, 0.29) is 5.92 Å². The van der Waals surface area contributed by atoms with E-state index in [0.29, 0.717) is 10.6 Å². The van der Waals surface area contributed by atoms with Gasteiger partial charge in [-0.3, -0.25) is 0 Å². The fraction of sp³-hybridized carbons (Fsp3) is 0.500. The van der Waals surface area contributed by atoms with Crippen LogP contribution in [0.15, 0.2) is 34.1 Å². The molecule has 2 aromatic rings. The number of hydrogen-bond acceptors (Lipinski definition) is 6. The fourth-order valence-electron chi connectivity index (χ4n) is 4.61. The van der Waals surface area contributed by atoms with E-state index in [2.05, 4.69) is 35.8 Å². The molecule has 2 fully saturated rings. The van der Waals surface area contributed by atoms with E-state index in [1.165, 1.54) is 45.0 Å². The lowest BCUT2D eigenvalue weighted by molar-refractivity contribution is 0.164. The summed E-state index contributed by atoms with van der Waals surface area (Å²) < 4.78 is 2.52. The van der Waals surface area contributed by atoms with Gasteiger partial charge >= 0.3 is 6.09 Å². The SMILES string of the molecule is O=C(O)N1C=CC(c2c(Br)nc3ccc(N4CCC(N5CCCC5)CC4)nn23)C=N1. The second-order valence-corrected chi connectivity index (χ2v) is 8.72. The van der Waals surface area contributed by atoms with Gasteiger partial charge in [0.25, 0.3) is 0 Å². The van der Waals surface area contributed by atoms with Gasteiger partial charge in [0.15, 0.2) is 5.65 Å². The van der Waals surface area contributed by atoms with Crippen LogP contribution in [-0.4, -0.2) is 74.1 Å². The summed E-state index contributed by atoms with van der Waals surface area (Å²) in [6.45, 7) is 4.50. The van der Waals surface area contributed by atoms with Crippen LogP contribution in [0, 0.1) is 0 Å². The third-order valence-corrected chi connectivity index (χ3v) is 6.78. The average Bonchev–Trinajstić information content (AvgIpc) is 3.41. The summed E-state index contributed by atoms with van der Waals surface area (Å²) in [5, 5.41) is 18.8. The lowest BCUT2D eigenvalue weighted by Crippen LogP contribution is -2.44. The van der Waals surface area contributed by atoms with Gasteiger partial charge in [0.2, 0.25) is 0 Å². The van der Waals surface area contributed by atoms with Crippen molar-refractivity contribution in [1.29, 1.82) is 0 Å². The number of anilines is 1. The van der Waals surface area contributed by atoms with Crippen molar-refractivity contribution in [3.8, 4) is 0 Å². The number of hydrazone groups is 1. The van der Waals surface area contributed by atoms with Gasteiger partial charge in [0.05, 0.1) is 11.6 Å². The van der Waals surface area contributed by atoms with Crippen molar-refractivity contribution in [3.05, 3.63) is 34.7 Å². The molecule has 0 bridgehead atoms. The van der Waals surface area contributed by atoms with Gasteiger partial charge < -0.3 is 14.9 Å². The Balaban J connectivity index is 1.37. The summed E-state index contributed by atoms with van der Waals surface area (Å²) in [5.41, 5.74) is 1.58. The summed E-state index contributed by atoms with van der Waals surface area (Å²) in [6, 6.07) is 4.72. The fourth-order valence-corrected chi connectivity index (χ4v) is 5.22.